The summed E-state index contributed by atoms with van der Waals surface area (Å²) in [5.74, 6) is 0.421. The Kier molecular flexibility index (Phi) is 4.79. The summed E-state index contributed by atoms with van der Waals surface area (Å²) in [5.41, 5.74) is 0.515. The van der Waals surface area contributed by atoms with Crippen LogP contribution in [0.3, 0.4) is 0 Å². The van der Waals surface area contributed by atoms with Gasteiger partial charge in [-0.25, -0.2) is 4.98 Å². The van der Waals surface area contributed by atoms with E-state index in [1.54, 1.807) is 35.6 Å². The van der Waals surface area contributed by atoms with Crippen LogP contribution in [-0.2, 0) is 16.1 Å². The van der Waals surface area contributed by atoms with Gasteiger partial charge in [-0.3, -0.25) is 9.59 Å². The highest BCUT2D eigenvalue weighted by molar-refractivity contribution is 5.97. The number of anilines is 1. The first kappa shape index (κ1) is 16.0. The molecular formula is C17H19N3O4. The van der Waals surface area contributed by atoms with Crippen LogP contribution in [0.5, 0.6) is 5.88 Å². The highest BCUT2D eigenvalue weighted by atomic mass is 16.5. The highest BCUT2D eigenvalue weighted by Crippen LogP contribution is 2.25. The fourth-order valence-electron chi connectivity index (χ4n) is 2.66. The first-order valence-corrected chi connectivity index (χ1v) is 7.86. The topological polar surface area (TPSA) is 84.7 Å². The van der Waals surface area contributed by atoms with Crippen LogP contribution >= 0.6 is 0 Å². The molecule has 1 aliphatic heterocycles. The van der Waals surface area contributed by atoms with Crippen LogP contribution in [0.25, 0.3) is 0 Å². The summed E-state index contributed by atoms with van der Waals surface area (Å²) < 4.78 is 10.7. The number of pyridine rings is 1. The molecule has 3 heterocycles. The van der Waals surface area contributed by atoms with E-state index in [2.05, 4.69) is 10.3 Å². The van der Waals surface area contributed by atoms with Gasteiger partial charge in [-0.2, -0.15) is 0 Å². The molecule has 1 aliphatic rings. The molecule has 2 aromatic heterocycles. The van der Waals surface area contributed by atoms with Crippen molar-refractivity contribution in [2.24, 2.45) is 5.92 Å². The summed E-state index contributed by atoms with van der Waals surface area (Å²) in [5, 5.41) is 2.81. The minimum absolute atomic E-state index is 0.0530. The van der Waals surface area contributed by atoms with Crippen LogP contribution in [0.15, 0.2) is 41.1 Å². The monoisotopic (exact) mass is 329 g/mol. The lowest BCUT2D eigenvalue weighted by atomic mass is 10.1. The number of rotatable bonds is 6. The van der Waals surface area contributed by atoms with Crippen LogP contribution in [-0.4, -0.2) is 34.8 Å². The van der Waals surface area contributed by atoms with E-state index in [0.29, 0.717) is 37.0 Å². The first-order chi connectivity index (χ1) is 11.7. The molecule has 7 nitrogen and oxygen atoms in total. The Labute approximate surface area is 139 Å². The van der Waals surface area contributed by atoms with Crippen LogP contribution in [0.2, 0.25) is 0 Å². The molecule has 0 bridgehead atoms. The van der Waals surface area contributed by atoms with E-state index < -0.39 is 5.92 Å². The minimum atomic E-state index is -0.401. The number of furan rings is 1. The maximum atomic E-state index is 12.5. The van der Waals surface area contributed by atoms with Gasteiger partial charge < -0.3 is 19.4 Å². The Morgan fingerprint density at radius 3 is 3.08 bits per heavy atom. The lowest BCUT2D eigenvalue weighted by Gasteiger charge is -2.15. The van der Waals surface area contributed by atoms with Crippen molar-refractivity contribution >= 4 is 17.5 Å². The Balaban J connectivity index is 1.63. The van der Waals surface area contributed by atoms with Gasteiger partial charge in [-0.1, -0.05) is 0 Å². The third-order valence-electron chi connectivity index (χ3n) is 3.82. The molecule has 0 aromatic carbocycles. The SMILES string of the molecule is CCOc1ncccc1NC(=O)[C@H]1CC(=O)N(Cc2ccco2)C1. The lowest BCUT2D eigenvalue weighted by molar-refractivity contribution is -0.128. The molecule has 2 aromatic rings. The largest absolute Gasteiger partial charge is 0.476 e. The number of aromatic nitrogens is 1. The number of carbonyl (C=O) groups excluding carboxylic acids is 2. The average Bonchev–Trinajstić information content (AvgIpc) is 3.20. The summed E-state index contributed by atoms with van der Waals surface area (Å²) in [6.07, 6.45) is 3.36. The molecule has 1 atom stereocenters. The second kappa shape index (κ2) is 7.16. The molecule has 1 saturated heterocycles. The first-order valence-electron chi connectivity index (χ1n) is 7.86. The number of hydrogen-bond acceptors (Lipinski definition) is 5. The van der Waals surface area contributed by atoms with Gasteiger partial charge in [0.05, 0.1) is 25.3 Å². The van der Waals surface area contributed by atoms with E-state index >= 15 is 0 Å². The number of nitrogens with one attached hydrogen (secondary N) is 1. The Morgan fingerprint density at radius 2 is 2.33 bits per heavy atom. The van der Waals surface area contributed by atoms with E-state index in [-0.39, 0.29) is 18.2 Å². The molecule has 126 valence electrons. The van der Waals surface area contributed by atoms with Crippen molar-refractivity contribution in [3.63, 3.8) is 0 Å². The van der Waals surface area contributed by atoms with Gasteiger partial charge in [0.15, 0.2) is 0 Å². The number of carbonyl (C=O) groups is 2. The number of nitrogens with zero attached hydrogens (tertiary/aromatic N) is 2. The fraction of sp³-hybridized carbons (Fsp3) is 0.353. The lowest BCUT2D eigenvalue weighted by Crippen LogP contribution is -2.28. The van der Waals surface area contributed by atoms with Gasteiger partial charge in [0.25, 0.3) is 0 Å². The number of ether oxygens (including phenoxy) is 1. The third kappa shape index (κ3) is 3.56. The molecule has 2 amide bonds. The fourth-order valence-corrected chi connectivity index (χ4v) is 2.66. The molecule has 0 unspecified atom stereocenters. The zero-order chi connectivity index (χ0) is 16.9. The molecule has 24 heavy (non-hydrogen) atoms. The number of amides is 2. The van der Waals surface area contributed by atoms with Crippen molar-refractivity contribution < 1.29 is 18.7 Å². The Morgan fingerprint density at radius 1 is 1.46 bits per heavy atom. The Hall–Kier alpha value is -2.83. The van der Waals surface area contributed by atoms with Gasteiger partial charge in [0.2, 0.25) is 17.7 Å². The van der Waals surface area contributed by atoms with Crippen molar-refractivity contribution in [1.29, 1.82) is 0 Å². The minimum Gasteiger partial charge on any atom is -0.476 e. The second-order valence-electron chi connectivity index (χ2n) is 5.53. The van der Waals surface area contributed by atoms with Gasteiger partial charge in [0, 0.05) is 19.2 Å². The molecule has 0 saturated carbocycles. The molecule has 1 N–H and O–H groups in total. The predicted molar refractivity (Wildman–Crippen MR) is 86.3 cm³/mol. The van der Waals surface area contributed by atoms with Crippen LogP contribution < -0.4 is 10.1 Å². The van der Waals surface area contributed by atoms with E-state index in [1.165, 1.54) is 0 Å². The molecular weight excluding hydrogens is 310 g/mol. The summed E-state index contributed by atoms with van der Waals surface area (Å²) in [6, 6.07) is 7.04. The summed E-state index contributed by atoms with van der Waals surface area (Å²) in [4.78, 5) is 30.3. The summed E-state index contributed by atoms with van der Waals surface area (Å²) >= 11 is 0. The summed E-state index contributed by atoms with van der Waals surface area (Å²) in [6.45, 7) is 3.06. The third-order valence-corrected chi connectivity index (χ3v) is 3.82. The van der Waals surface area contributed by atoms with E-state index in [1.807, 2.05) is 13.0 Å². The maximum absolute atomic E-state index is 12.5. The van der Waals surface area contributed by atoms with Crippen molar-refractivity contribution in [3.05, 3.63) is 42.5 Å². The van der Waals surface area contributed by atoms with E-state index in [4.69, 9.17) is 9.15 Å². The van der Waals surface area contributed by atoms with Gasteiger partial charge >= 0.3 is 0 Å². The number of likely N-dealkylation sites (tertiary alicyclic amines) is 1. The highest BCUT2D eigenvalue weighted by Gasteiger charge is 2.35. The van der Waals surface area contributed by atoms with E-state index in [9.17, 15) is 9.59 Å². The van der Waals surface area contributed by atoms with Crippen LogP contribution in [0, 0.1) is 5.92 Å². The molecule has 0 radical (unpaired) electrons. The molecule has 0 aliphatic carbocycles. The van der Waals surface area contributed by atoms with Gasteiger partial charge in [-0.15, -0.1) is 0 Å². The molecule has 0 spiro atoms. The van der Waals surface area contributed by atoms with Crippen LogP contribution in [0.4, 0.5) is 5.69 Å². The Bertz CT molecular complexity index is 714. The maximum Gasteiger partial charge on any atom is 0.237 e. The van der Waals surface area contributed by atoms with Crippen molar-refractivity contribution in [2.45, 2.75) is 19.9 Å². The number of hydrogen-bond donors (Lipinski definition) is 1. The average molecular weight is 329 g/mol. The van der Waals surface area contributed by atoms with Crippen LogP contribution in [0.1, 0.15) is 19.1 Å². The van der Waals surface area contributed by atoms with Crippen molar-refractivity contribution in [2.75, 3.05) is 18.5 Å². The zero-order valence-corrected chi connectivity index (χ0v) is 13.4. The van der Waals surface area contributed by atoms with Crippen molar-refractivity contribution in [3.8, 4) is 5.88 Å². The van der Waals surface area contributed by atoms with Gasteiger partial charge in [0.1, 0.15) is 11.4 Å². The smallest absolute Gasteiger partial charge is 0.237 e. The second-order valence-corrected chi connectivity index (χ2v) is 5.53. The van der Waals surface area contributed by atoms with Gasteiger partial charge in [-0.05, 0) is 31.2 Å². The normalized spacial score (nSPS) is 17.1. The van der Waals surface area contributed by atoms with Crippen molar-refractivity contribution in [1.82, 2.24) is 9.88 Å². The molecule has 7 heteroatoms. The molecule has 3 rings (SSSR count). The quantitative estimate of drug-likeness (QED) is 0.877. The standard InChI is InChI=1S/C17H19N3O4/c1-2-23-17-14(6-3-7-18-17)19-16(22)12-9-15(21)20(10-12)11-13-5-4-8-24-13/h3-8,12H,2,9-11H2,1H3,(H,19,22)/t12-/m0/s1. The van der Waals surface area contributed by atoms with E-state index in [0.717, 1.165) is 0 Å². The summed E-state index contributed by atoms with van der Waals surface area (Å²) in [7, 11) is 0. The molecule has 1 fully saturated rings. The zero-order valence-electron chi connectivity index (χ0n) is 13.4. The predicted octanol–water partition coefficient (Wildman–Crippen LogP) is 2.06.